The molecule has 0 amide bonds. The monoisotopic (exact) mass is 567 g/mol. The summed E-state index contributed by atoms with van der Waals surface area (Å²) in [7, 11) is -2.81. The smallest absolute Gasteiger partial charge is 0.142 e. The maximum Gasteiger partial charge on any atom is 0.142 e. The van der Waals surface area contributed by atoms with Gasteiger partial charge < -0.3 is 4.57 Å². The van der Waals surface area contributed by atoms with Crippen LogP contribution in [0.4, 0.5) is 0 Å². The lowest BCUT2D eigenvalue weighted by molar-refractivity contribution is 0.591. The van der Waals surface area contributed by atoms with Crippen LogP contribution in [0.15, 0.2) is 140 Å². The minimum atomic E-state index is -2.81. The lowest BCUT2D eigenvalue weighted by Crippen LogP contribution is -2.11. The fourth-order valence-electron chi connectivity index (χ4n) is 6.91. The number of nitrogens with zero attached hydrogens (tertiary/aromatic N) is 1. The van der Waals surface area contributed by atoms with Crippen molar-refractivity contribution in [2.75, 3.05) is 6.66 Å². The van der Waals surface area contributed by atoms with Crippen LogP contribution in [0, 0.1) is 11.3 Å². The molecule has 2 nitrogen and oxygen atoms in total. The van der Waals surface area contributed by atoms with Crippen molar-refractivity contribution in [3.63, 3.8) is 0 Å². The van der Waals surface area contributed by atoms with E-state index in [9.17, 15) is 9.83 Å². The van der Waals surface area contributed by atoms with E-state index in [0.717, 1.165) is 60.3 Å². The third-order valence-corrected chi connectivity index (χ3v) is 11.5. The summed E-state index contributed by atoms with van der Waals surface area (Å²) in [5, 5.41) is 15.7. The molecule has 0 radical (unpaired) electrons. The van der Waals surface area contributed by atoms with Crippen molar-refractivity contribution in [3.05, 3.63) is 145 Å². The Morgan fingerprint density at radius 2 is 0.953 bits per heavy atom. The second-order valence-corrected chi connectivity index (χ2v) is 14.0. The first kappa shape index (κ1) is 25.5. The lowest BCUT2D eigenvalue weighted by Gasteiger charge is -2.21. The SMILES string of the molecule is CP1(=O)c2ccccc2-c2cccc(-c3c4ccccc4c(-c4ccc(-c5ccc(C#N)cc5)cc4)c4ccccc34)c21. The van der Waals surface area contributed by atoms with E-state index >= 15 is 0 Å². The summed E-state index contributed by atoms with van der Waals surface area (Å²) in [4.78, 5) is 0. The molecular formula is C40H26NOP. The van der Waals surface area contributed by atoms with Crippen LogP contribution < -0.4 is 10.6 Å². The topological polar surface area (TPSA) is 40.9 Å². The molecule has 7 aromatic rings. The van der Waals surface area contributed by atoms with E-state index in [1.807, 2.05) is 49.1 Å². The Hall–Kier alpha value is -5.22. The molecule has 0 spiro atoms. The van der Waals surface area contributed by atoms with Gasteiger partial charge in [0.1, 0.15) is 7.14 Å². The van der Waals surface area contributed by atoms with Crippen molar-refractivity contribution < 1.29 is 4.57 Å². The quantitative estimate of drug-likeness (QED) is 0.158. The minimum absolute atomic E-state index is 0.658. The first-order chi connectivity index (χ1) is 21.1. The van der Waals surface area contributed by atoms with Gasteiger partial charge in [-0.05, 0) is 84.9 Å². The fourth-order valence-corrected chi connectivity index (χ4v) is 9.48. The van der Waals surface area contributed by atoms with Crippen LogP contribution in [-0.4, -0.2) is 6.66 Å². The summed E-state index contributed by atoms with van der Waals surface area (Å²) < 4.78 is 14.6. The van der Waals surface area contributed by atoms with Crippen molar-refractivity contribution in [3.8, 4) is 50.6 Å². The van der Waals surface area contributed by atoms with Gasteiger partial charge in [0, 0.05) is 10.6 Å². The van der Waals surface area contributed by atoms with Gasteiger partial charge in [0.2, 0.25) is 0 Å². The van der Waals surface area contributed by atoms with E-state index < -0.39 is 7.14 Å². The second-order valence-electron chi connectivity index (χ2n) is 11.3. The molecule has 8 rings (SSSR count). The maximum atomic E-state index is 14.6. The number of hydrogen-bond donors (Lipinski definition) is 0. The summed E-state index contributed by atoms with van der Waals surface area (Å²) >= 11 is 0. The Kier molecular flexibility index (Phi) is 5.73. The predicted molar refractivity (Wildman–Crippen MR) is 181 cm³/mol. The summed E-state index contributed by atoms with van der Waals surface area (Å²) in [6.07, 6.45) is 0. The second kappa shape index (κ2) is 9.67. The summed E-state index contributed by atoms with van der Waals surface area (Å²) in [6.45, 7) is 1.93. The average Bonchev–Trinajstić information content (AvgIpc) is 3.30. The van der Waals surface area contributed by atoms with Crippen molar-refractivity contribution in [2.24, 2.45) is 0 Å². The van der Waals surface area contributed by atoms with E-state index in [4.69, 9.17) is 0 Å². The first-order valence-corrected chi connectivity index (χ1v) is 16.6. The Morgan fingerprint density at radius 1 is 0.488 bits per heavy atom. The predicted octanol–water partition coefficient (Wildman–Crippen LogP) is 9.79. The van der Waals surface area contributed by atoms with Gasteiger partial charge in [-0.1, -0.05) is 127 Å². The van der Waals surface area contributed by atoms with Gasteiger partial charge in [0.05, 0.1) is 11.6 Å². The van der Waals surface area contributed by atoms with E-state index in [0.29, 0.717) is 5.56 Å². The third-order valence-electron chi connectivity index (χ3n) is 8.84. The van der Waals surface area contributed by atoms with E-state index in [1.165, 1.54) is 16.3 Å². The molecule has 0 fully saturated rings. The molecule has 0 saturated carbocycles. The van der Waals surface area contributed by atoms with Crippen LogP contribution in [0.5, 0.6) is 0 Å². The number of fused-ring (bicyclic) bond motifs is 5. The third kappa shape index (κ3) is 3.83. The van der Waals surface area contributed by atoms with Gasteiger partial charge >= 0.3 is 0 Å². The number of benzene rings is 7. The largest absolute Gasteiger partial charge is 0.314 e. The van der Waals surface area contributed by atoms with Gasteiger partial charge in [-0.3, -0.25) is 0 Å². The highest BCUT2D eigenvalue weighted by Crippen LogP contribution is 2.54. The molecule has 1 heterocycles. The Bertz CT molecular complexity index is 2270. The zero-order valence-electron chi connectivity index (χ0n) is 23.6. The van der Waals surface area contributed by atoms with E-state index in [2.05, 4.69) is 103 Å². The van der Waals surface area contributed by atoms with Crippen LogP contribution in [0.1, 0.15) is 5.56 Å². The van der Waals surface area contributed by atoms with Gasteiger partial charge in [-0.15, -0.1) is 0 Å². The molecule has 0 aliphatic carbocycles. The van der Waals surface area contributed by atoms with Crippen LogP contribution in [-0.2, 0) is 4.57 Å². The molecule has 1 aliphatic heterocycles. The van der Waals surface area contributed by atoms with Gasteiger partial charge in [0.25, 0.3) is 0 Å². The van der Waals surface area contributed by atoms with E-state index in [1.54, 1.807) is 0 Å². The zero-order chi connectivity index (χ0) is 29.1. The highest BCUT2D eigenvalue weighted by Gasteiger charge is 2.37. The standard InChI is InChI=1S/C40H26NOP/c1-43(42)37-16-7-6-9-30(37)35-14-8-15-36(40(35)43)39-33-12-4-2-10-31(33)38(32-11-3-5-13-34(32)39)29-23-21-28(22-24-29)27-19-17-26(25-41)18-20-27/h2-24H,1H3. The minimum Gasteiger partial charge on any atom is -0.314 e. The van der Waals surface area contributed by atoms with Crippen molar-refractivity contribution >= 4 is 39.3 Å². The van der Waals surface area contributed by atoms with Crippen molar-refractivity contribution in [1.82, 2.24) is 0 Å². The van der Waals surface area contributed by atoms with Gasteiger partial charge in [-0.25, -0.2) is 0 Å². The molecule has 3 heteroatoms. The van der Waals surface area contributed by atoms with Crippen LogP contribution in [0.2, 0.25) is 0 Å². The molecule has 7 aromatic carbocycles. The van der Waals surface area contributed by atoms with Crippen LogP contribution in [0.25, 0.3) is 66.1 Å². The average molecular weight is 568 g/mol. The molecule has 0 bridgehead atoms. The molecule has 1 atom stereocenters. The summed E-state index contributed by atoms with van der Waals surface area (Å²) in [6, 6.07) is 50.4. The Morgan fingerprint density at radius 3 is 1.56 bits per heavy atom. The Labute approximate surface area is 250 Å². The fraction of sp³-hybridized carbons (Fsp3) is 0.0250. The van der Waals surface area contributed by atoms with Gasteiger partial charge in [0.15, 0.2) is 0 Å². The van der Waals surface area contributed by atoms with Crippen molar-refractivity contribution in [2.45, 2.75) is 0 Å². The first-order valence-electron chi connectivity index (χ1n) is 14.4. The highest BCUT2D eigenvalue weighted by molar-refractivity contribution is 7.79. The number of rotatable bonds is 3. The molecule has 1 aliphatic rings. The van der Waals surface area contributed by atoms with Crippen LogP contribution in [0.3, 0.4) is 0 Å². The molecule has 43 heavy (non-hydrogen) atoms. The lowest BCUT2D eigenvalue weighted by atomic mass is 9.85. The maximum absolute atomic E-state index is 14.6. The molecule has 0 saturated heterocycles. The van der Waals surface area contributed by atoms with Crippen LogP contribution >= 0.6 is 7.14 Å². The summed E-state index contributed by atoms with van der Waals surface area (Å²) in [5.74, 6) is 0. The van der Waals surface area contributed by atoms with E-state index in [-0.39, 0.29) is 0 Å². The normalized spacial score (nSPS) is 15.3. The number of hydrogen-bond acceptors (Lipinski definition) is 2. The highest BCUT2D eigenvalue weighted by atomic mass is 31.2. The molecule has 202 valence electrons. The molecular weight excluding hydrogens is 541 g/mol. The van der Waals surface area contributed by atoms with Crippen molar-refractivity contribution in [1.29, 1.82) is 5.26 Å². The number of nitriles is 1. The Balaban J connectivity index is 1.38. The molecule has 1 unspecified atom stereocenters. The van der Waals surface area contributed by atoms with Gasteiger partial charge in [-0.2, -0.15) is 5.26 Å². The molecule has 0 N–H and O–H groups in total. The summed E-state index contributed by atoms with van der Waals surface area (Å²) in [5.41, 5.74) is 9.53. The molecule has 0 aromatic heterocycles. The zero-order valence-corrected chi connectivity index (χ0v) is 24.5.